The number of hydrogen-bond donors (Lipinski definition) is 1. The zero-order chi connectivity index (χ0) is 15.7. The molecule has 0 amide bonds. The molecule has 0 saturated carbocycles. The van der Waals surface area contributed by atoms with E-state index in [4.69, 9.17) is 4.42 Å². The Balaban J connectivity index is 1.99. The molecule has 0 unspecified atom stereocenters. The van der Waals surface area contributed by atoms with Crippen LogP contribution in [0.3, 0.4) is 0 Å². The number of anilines is 1. The Bertz CT molecular complexity index is 795. The van der Waals surface area contributed by atoms with Crippen molar-refractivity contribution in [3.8, 4) is 0 Å². The number of fused-ring (bicyclic) bond motifs is 1. The number of aryl methyl sites for hydroxylation is 1. The number of furan rings is 1. The molecule has 0 spiro atoms. The van der Waals surface area contributed by atoms with E-state index in [0.717, 1.165) is 23.6 Å². The molecule has 0 aliphatic heterocycles. The summed E-state index contributed by atoms with van der Waals surface area (Å²) in [5.41, 5.74) is 0.994. The highest BCUT2D eigenvalue weighted by Gasteiger charge is 2.30. The van der Waals surface area contributed by atoms with Crippen molar-refractivity contribution in [2.45, 2.75) is 19.6 Å². The number of nitrogens with zero attached hydrogens (tertiary/aromatic N) is 1. The molecule has 0 atom stereocenters. The lowest BCUT2D eigenvalue weighted by atomic mass is 10.1. The topological polar surface area (TPSA) is 38.1 Å². The number of aromatic nitrogens is 1. The standard InChI is InChI=1S/C16H13F3N2O/c1-10-7-14(20-9-12-3-2-6-22-12)13-5-4-11(16(17,18)19)8-15(13)21-10/h2-8H,9H2,1H3,(H,20,21). The van der Waals surface area contributed by atoms with E-state index in [2.05, 4.69) is 10.3 Å². The molecule has 2 aromatic heterocycles. The first-order valence-corrected chi connectivity index (χ1v) is 6.68. The van der Waals surface area contributed by atoms with Gasteiger partial charge in [-0.3, -0.25) is 4.98 Å². The lowest BCUT2D eigenvalue weighted by Crippen LogP contribution is -2.05. The van der Waals surface area contributed by atoms with Gasteiger partial charge in [-0.05, 0) is 37.3 Å². The minimum Gasteiger partial charge on any atom is -0.467 e. The Labute approximate surface area is 124 Å². The summed E-state index contributed by atoms with van der Waals surface area (Å²) in [7, 11) is 0. The van der Waals surface area contributed by atoms with E-state index in [-0.39, 0.29) is 0 Å². The molecule has 0 fully saturated rings. The van der Waals surface area contributed by atoms with Crippen LogP contribution >= 0.6 is 0 Å². The first-order chi connectivity index (χ1) is 10.4. The molecule has 6 heteroatoms. The zero-order valence-electron chi connectivity index (χ0n) is 11.7. The molecule has 0 aliphatic carbocycles. The second kappa shape index (κ2) is 5.36. The maximum Gasteiger partial charge on any atom is 0.416 e. The Hall–Kier alpha value is -2.50. The van der Waals surface area contributed by atoms with E-state index in [1.165, 1.54) is 6.07 Å². The van der Waals surface area contributed by atoms with Gasteiger partial charge in [-0.15, -0.1) is 0 Å². The Morgan fingerprint density at radius 3 is 2.68 bits per heavy atom. The molecule has 22 heavy (non-hydrogen) atoms. The number of halogens is 3. The van der Waals surface area contributed by atoms with E-state index in [0.29, 0.717) is 23.1 Å². The average Bonchev–Trinajstić information content (AvgIpc) is 2.96. The van der Waals surface area contributed by atoms with Gasteiger partial charge in [0, 0.05) is 16.8 Å². The fourth-order valence-corrected chi connectivity index (χ4v) is 2.28. The average molecular weight is 306 g/mol. The molecule has 3 aromatic rings. The summed E-state index contributed by atoms with van der Waals surface area (Å²) in [5.74, 6) is 0.745. The Kier molecular flexibility index (Phi) is 3.52. The van der Waals surface area contributed by atoms with Gasteiger partial charge in [-0.1, -0.05) is 6.07 Å². The fraction of sp³-hybridized carbons (Fsp3) is 0.188. The van der Waals surface area contributed by atoms with Gasteiger partial charge < -0.3 is 9.73 Å². The van der Waals surface area contributed by atoms with Crippen LogP contribution in [-0.4, -0.2) is 4.98 Å². The Morgan fingerprint density at radius 1 is 1.18 bits per heavy atom. The lowest BCUT2D eigenvalue weighted by Gasteiger charge is -2.12. The third-order valence-electron chi connectivity index (χ3n) is 3.30. The van der Waals surface area contributed by atoms with Crippen LogP contribution < -0.4 is 5.32 Å². The van der Waals surface area contributed by atoms with E-state index < -0.39 is 11.7 Å². The SMILES string of the molecule is Cc1cc(NCc2ccco2)c2ccc(C(F)(F)F)cc2n1. The van der Waals surface area contributed by atoms with Crippen LogP contribution in [0.25, 0.3) is 10.9 Å². The van der Waals surface area contributed by atoms with Crippen molar-refractivity contribution in [3.63, 3.8) is 0 Å². The van der Waals surface area contributed by atoms with Crippen LogP contribution in [0.4, 0.5) is 18.9 Å². The third kappa shape index (κ3) is 2.90. The predicted octanol–water partition coefficient (Wildman–Crippen LogP) is 4.77. The van der Waals surface area contributed by atoms with Gasteiger partial charge in [0.25, 0.3) is 0 Å². The van der Waals surface area contributed by atoms with Crippen LogP contribution in [0.2, 0.25) is 0 Å². The van der Waals surface area contributed by atoms with Crippen LogP contribution in [0.1, 0.15) is 17.0 Å². The number of pyridine rings is 1. The van der Waals surface area contributed by atoms with Gasteiger partial charge in [0.2, 0.25) is 0 Å². The molecule has 1 aromatic carbocycles. The van der Waals surface area contributed by atoms with Crippen LogP contribution in [-0.2, 0) is 12.7 Å². The minimum atomic E-state index is -4.37. The molecule has 114 valence electrons. The van der Waals surface area contributed by atoms with Crippen molar-refractivity contribution in [1.82, 2.24) is 4.98 Å². The molecule has 0 saturated heterocycles. The first-order valence-electron chi connectivity index (χ1n) is 6.68. The normalized spacial score (nSPS) is 11.8. The molecular formula is C16H13F3N2O. The van der Waals surface area contributed by atoms with Gasteiger partial charge in [-0.2, -0.15) is 13.2 Å². The summed E-state index contributed by atoms with van der Waals surface area (Å²) >= 11 is 0. The zero-order valence-corrected chi connectivity index (χ0v) is 11.7. The summed E-state index contributed by atoms with van der Waals surface area (Å²) in [5, 5.41) is 3.82. The van der Waals surface area contributed by atoms with Crippen molar-refractivity contribution >= 4 is 16.6 Å². The number of benzene rings is 1. The van der Waals surface area contributed by atoms with Crippen molar-refractivity contribution in [1.29, 1.82) is 0 Å². The second-order valence-electron chi connectivity index (χ2n) is 4.97. The highest BCUT2D eigenvalue weighted by molar-refractivity contribution is 5.91. The molecule has 3 nitrogen and oxygen atoms in total. The van der Waals surface area contributed by atoms with E-state index in [1.807, 2.05) is 6.07 Å². The van der Waals surface area contributed by atoms with Crippen molar-refractivity contribution in [2.24, 2.45) is 0 Å². The summed E-state index contributed by atoms with van der Waals surface area (Å²) < 4.78 is 43.6. The Morgan fingerprint density at radius 2 is 2.00 bits per heavy atom. The monoisotopic (exact) mass is 306 g/mol. The lowest BCUT2D eigenvalue weighted by molar-refractivity contribution is -0.137. The van der Waals surface area contributed by atoms with E-state index in [9.17, 15) is 13.2 Å². The maximum atomic E-state index is 12.8. The summed E-state index contributed by atoms with van der Waals surface area (Å²) in [6.45, 7) is 2.20. The second-order valence-corrected chi connectivity index (χ2v) is 4.97. The largest absolute Gasteiger partial charge is 0.467 e. The summed E-state index contributed by atoms with van der Waals surface area (Å²) in [4.78, 5) is 4.19. The third-order valence-corrected chi connectivity index (χ3v) is 3.30. The quantitative estimate of drug-likeness (QED) is 0.757. The predicted molar refractivity (Wildman–Crippen MR) is 77.5 cm³/mol. The molecule has 2 heterocycles. The minimum absolute atomic E-state index is 0.316. The van der Waals surface area contributed by atoms with Gasteiger partial charge in [0.1, 0.15) is 5.76 Å². The van der Waals surface area contributed by atoms with Crippen molar-refractivity contribution < 1.29 is 17.6 Å². The fourth-order valence-electron chi connectivity index (χ4n) is 2.28. The van der Waals surface area contributed by atoms with E-state index in [1.54, 1.807) is 25.3 Å². The summed E-state index contributed by atoms with van der Waals surface area (Å²) in [6.07, 6.45) is -2.80. The number of hydrogen-bond acceptors (Lipinski definition) is 3. The highest BCUT2D eigenvalue weighted by atomic mass is 19.4. The van der Waals surface area contributed by atoms with Gasteiger partial charge in [0.05, 0.1) is 23.9 Å². The smallest absolute Gasteiger partial charge is 0.416 e. The molecule has 0 bridgehead atoms. The molecule has 0 radical (unpaired) electrons. The number of nitrogens with one attached hydrogen (secondary N) is 1. The maximum absolute atomic E-state index is 12.8. The number of alkyl halides is 3. The van der Waals surface area contributed by atoms with Crippen LogP contribution in [0, 0.1) is 6.92 Å². The molecular weight excluding hydrogens is 293 g/mol. The van der Waals surface area contributed by atoms with Gasteiger partial charge in [-0.25, -0.2) is 0 Å². The number of rotatable bonds is 3. The molecule has 3 rings (SSSR count). The molecule has 1 N–H and O–H groups in total. The van der Waals surface area contributed by atoms with Crippen molar-refractivity contribution in [2.75, 3.05) is 5.32 Å². The summed E-state index contributed by atoms with van der Waals surface area (Å²) in [6, 6.07) is 8.99. The van der Waals surface area contributed by atoms with Crippen LogP contribution in [0.15, 0.2) is 47.1 Å². The first kappa shape index (κ1) is 14.4. The van der Waals surface area contributed by atoms with Gasteiger partial charge in [0.15, 0.2) is 0 Å². The van der Waals surface area contributed by atoms with E-state index >= 15 is 0 Å². The molecule has 0 aliphatic rings. The van der Waals surface area contributed by atoms with Crippen LogP contribution in [0.5, 0.6) is 0 Å². The van der Waals surface area contributed by atoms with Crippen molar-refractivity contribution in [3.05, 3.63) is 59.7 Å². The van der Waals surface area contributed by atoms with Gasteiger partial charge >= 0.3 is 6.18 Å². The highest BCUT2D eigenvalue weighted by Crippen LogP contribution is 2.33.